The Morgan fingerprint density at radius 1 is 1.00 bits per heavy atom. The van der Waals surface area contributed by atoms with Crippen LogP contribution in [0.3, 0.4) is 0 Å². The summed E-state index contributed by atoms with van der Waals surface area (Å²) in [6.07, 6.45) is 1.69. The monoisotopic (exact) mass is 487 g/mol. The molecule has 2 heterocycles. The summed E-state index contributed by atoms with van der Waals surface area (Å²) < 4.78 is 7.64. The van der Waals surface area contributed by atoms with Gasteiger partial charge < -0.3 is 9.64 Å². The Hall–Kier alpha value is -3.71. The van der Waals surface area contributed by atoms with Crippen molar-refractivity contribution in [2.75, 3.05) is 19.1 Å². The van der Waals surface area contributed by atoms with Gasteiger partial charge in [-0.3, -0.25) is 14.2 Å². The van der Waals surface area contributed by atoms with Gasteiger partial charge in [0.15, 0.2) is 0 Å². The van der Waals surface area contributed by atoms with E-state index in [4.69, 9.17) is 9.72 Å². The zero-order valence-corrected chi connectivity index (χ0v) is 19.0. The molecule has 6 nitrogen and oxygen atoms in total. The number of ether oxygens (including phenoxy) is 1. The quantitative estimate of drug-likeness (QED) is 0.393. The van der Waals surface area contributed by atoms with Crippen LogP contribution in [0.4, 0.5) is 5.69 Å². The van der Waals surface area contributed by atoms with Crippen molar-refractivity contribution in [2.24, 2.45) is 0 Å². The Labute approximate surface area is 192 Å². The summed E-state index contributed by atoms with van der Waals surface area (Å²) in [7, 11) is 3.33. The molecular weight excluding hydrogens is 470 g/mol. The van der Waals surface area contributed by atoms with Crippen LogP contribution in [0.25, 0.3) is 28.2 Å². The molecule has 3 aromatic carbocycles. The number of methoxy groups -OCH3 is 1. The minimum Gasteiger partial charge on any atom is -0.497 e. The number of hydrogen-bond acceptors (Lipinski definition) is 4. The average Bonchev–Trinajstić information content (AvgIpc) is 3.03. The number of nitrogens with zero attached hydrogens (tertiary/aromatic N) is 3. The lowest BCUT2D eigenvalue weighted by Gasteiger charge is -2.13. The topological polar surface area (TPSA) is 64.4 Å². The molecule has 0 unspecified atom stereocenters. The number of amides is 1. The van der Waals surface area contributed by atoms with Crippen molar-refractivity contribution in [3.8, 4) is 11.4 Å². The maximum Gasteiger partial charge on any atom is 0.266 e. The highest BCUT2D eigenvalue weighted by Crippen LogP contribution is 2.38. The van der Waals surface area contributed by atoms with E-state index < -0.39 is 0 Å². The summed E-state index contributed by atoms with van der Waals surface area (Å²) in [6.45, 7) is 0. The van der Waals surface area contributed by atoms with Crippen molar-refractivity contribution in [1.29, 1.82) is 0 Å². The van der Waals surface area contributed by atoms with E-state index in [1.54, 1.807) is 61.5 Å². The molecule has 4 aromatic rings. The van der Waals surface area contributed by atoms with Crippen LogP contribution in [0.5, 0.6) is 5.75 Å². The number of hydrogen-bond donors (Lipinski definition) is 0. The van der Waals surface area contributed by atoms with E-state index >= 15 is 0 Å². The van der Waals surface area contributed by atoms with E-state index in [1.807, 2.05) is 30.3 Å². The minimum atomic E-state index is -0.208. The van der Waals surface area contributed by atoms with Gasteiger partial charge in [-0.2, -0.15) is 0 Å². The molecule has 158 valence electrons. The van der Waals surface area contributed by atoms with Crippen LogP contribution in [0.15, 0.2) is 76.0 Å². The van der Waals surface area contributed by atoms with Gasteiger partial charge in [0, 0.05) is 17.1 Å². The second kappa shape index (κ2) is 7.76. The lowest BCUT2D eigenvalue weighted by Crippen LogP contribution is -2.23. The molecule has 7 heteroatoms. The number of aromatic nitrogens is 2. The lowest BCUT2D eigenvalue weighted by atomic mass is 10.1. The van der Waals surface area contributed by atoms with Crippen molar-refractivity contribution in [3.63, 3.8) is 0 Å². The molecule has 0 N–H and O–H groups in total. The Bertz CT molecular complexity index is 1470. The highest BCUT2D eigenvalue weighted by Gasteiger charge is 2.30. The number of fused-ring (bicyclic) bond motifs is 2. The van der Waals surface area contributed by atoms with Crippen molar-refractivity contribution in [3.05, 3.63) is 92.9 Å². The van der Waals surface area contributed by atoms with Crippen LogP contribution >= 0.6 is 15.9 Å². The van der Waals surface area contributed by atoms with Gasteiger partial charge >= 0.3 is 0 Å². The molecule has 0 saturated heterocycles. The van der Waals surface area contributed by atoms with Crippen molar-refractivity contribution < 1.29 is 9.53 Å². The first kappa shape index (κ1) is 20.2. The summed E-state index contributed by atoms with van der Waals surface area (Å²) >= 11 is 3.49. The van der Waals surface area contributed by atoms with Crippen LogP contribution in [0.2, 0.25) is 0 Å². The molecular formula is C25H18BrN3O3. The number of anilines is 1. The lowest BCUT2D eigenvalue weighted by molar-refractivity contribution is -0.112. The molecule has 0 fully saturated rings. The van der Waals surface area contributed by atoms with Gasteiger partial charge in [-0.25, -0.2) is 4.98 Å². The van der Waals surface area contributed by atoms with E-state index in [9.17, 15) is 9.59 Å². The first-order valence-electron chi connectivity index (χ1n) is 9.94. The van der Waals surface area contributed by atoms with Gasteiger partial charge in [-0.15, -0.1) is 0 Å². The van der Waals surface area contributed by atoms with Crippen LogP contribution in [-0.4, -0.2) is 29.6 Å². The number of halogens is 1. The first-order valence-corrected chi connectivity index (χ1v) is 10.7. The summed E-state index contributed by atoms with van der Waals surface area (Å²) in [5.41, 5.74) is 3.07. The van der Waals surface area contributed by atoms with E-state index in [0.29, 0.717) is 33.7 Å². The van der Waals surface area contributed by atoms with E-state index in [-0.39, 0.29) is 11.5 Å². The van der Waals surface area contributed by atoms with Gasteiger partial charge in [0.1, 0.15) is 11.6 Å². The molecule has 0 radical (unpaired) electrons. The third-order valence-corrected chi connectivity index (χ3v) is 6.04. The largest absolute Gasteiger partial charge is 0.497 e. The van der Waals surface area contributed by atoms with Crippen molar-refractivity contribution >= 4 is 50.1 Å². The Balaban J connectivity index is 1.80. The average molecular weight is 488 g/mol. The molecule has 0 bridgehead atoms. The summed E-state index contributed by atoms with van der Waals surface area (Å²) in [4.78, 5) is 32.9. The summed E-state index contributed by atoms with van der Waals surface area (Å²) in [5.74, 6) is 0.909. The van der Waals surface area contributed by atoms with E-state index in [2.05, 4.69) is 15.9 Å². The highest BCUT2D eigenvalue weighted by atomic mass is 79.9. The smallest absolute Gasteiger partial charge is 0.266 e. The van der Waals surface area contributed by atoms with E-state index in [1.165, 1.54) is 4.57 Å². The second-order valence-electron chi connectivity index (χ2n) is 7.41. The number of para-hydroxylation sites is 1. The molecule has 1 aliphatic heterocycles. The standard InChI is InChI=1S/C25H18BrN3O3/c1-28-22-12-7-15(26)13-19(22)20(24(28)30)14-23-27-21-6-4-3-5-18(21)25(31)29(23)16-8-10-17(32-2)11-9-16/h3-14H,1-2H3/b20-14-. The summed E-state index contributed by atoms with van der Waals surface area (Å²) in [5, 5.41) is 0.503. The zero-order chi connectivity index (χ0) is 22.4. The molecule has 0 aliphatic carbocycles. The number of benzene rings is 3. The maximum atomic E-state index is 13.5. The zero-order valence-electron chi connectivity index (χ0n) is 17.4. The molecule has 1 aromatic heterocycles. The predicted octanol–water partition coefficient (Wildman–Crippen LogP) is 4.67. The fourth-order valence-corrected chi connectivity index (χ4v) is 4.28. The SMILES string of the molecule is COc1ccc(-n2c(/C=C3\C(=O)N(C)c4ccc(Br)cc43)nc3ccccc3c2=O)cc1. The maximum absolute atomic E-state index is 13.5. The Morgan fingerprint density at radius 2 is 1.75 bits per heavy atom. The van der Waals surface area contributed by atoms with Crippen LogP contribution in [0, 0.1) is 0 Å². The van der Waals surface area contributed by atoms with Crippen molar-refractivity contribution in [1.82, 2.24) is 9.55 Å². The molecule has 1 aliphatic rings. The van der Waals surface area contributed by atoms with Gasteiger partial charge in [0.2, 0.25) is 0 Å². The first-order chi connectivity index (χ1) is 15.5. The Kier molecular flexibility index (Phi) is 4.90. The number of rotatable bonds is 3. The molecule has 5 rings (SSSR count). The fourth-order valence-electron chi connectivity index (χ4n) is 3.92. The van der Waals surface area contributed by atoms with Gasteiger partial charge in [-0.05, 0) is 60.7 Å². The number of likely N-dealkylation sites (N-methyl/N-ethyl adjacent to an activating group) is 1. The van der Waals surface area contributed by atoms with E-state index in [0.717, 1.165) is 15.7 Å². The molecule has 0 spiro atoms. The van der Waals surface area contributed by atoms with Crippen molar-refractivity contribution in [2.45, 2.75) is 0 Å². The third-order valence-electron chi connectivity index (χ3n) is 5.55. The summed E-state index contributed by atoms with van der Waals surface area (Å²) in [6, 6.07) is 20.1. The minimum absolute atomic E-state index is 0.151. The van der Waals surface area contributed by atoms with Gasteiger partial charge in [0.05, 0.1) is 35.0 Å². The van der Waals surface area contributed by atoms with Gasteiger partial charge in [-0.1, -0.05) is 28.1 Å². The molecule has 32 heavy (non-hydrogen) atoms. The van der Waals surface area contributed by atoms with Gasteiger partial charge in [0.25, 0.3) is 11.5 Å². The molecule has 0 atom stereocenters. The molecule has 1 amide bonds. The number of carbonyl (C=O) groups excluding carboxylic acids is 1. The predicted molar refractivity (Wildman–Crippen MR) is 129 cm³/mol. The Morgan fingerprint density at radius 3 is 2.50 bits per heavy atom. The fraction of sp³-hybridized carbons (Fsp3) is 0.0800. The molecule has 0 saturated carbocycles. The van der Waals surface area contributed by atoms with Crippen LogP contribution < -0.4 is 15.2 Å². The highest BCUT2D eigenvalue weighted by molar-refractivity contribution is 9.10. The van der Waals surface area contributed by atoms with Crippen LogP contribution in [0.1, 0.15) is 11.4 Å². The number of carbonyl (C=O) groups is 1. The normalized spacial score (nSPS) is 14.3. The second-order valence-corrected chi connectivity index (χ2v) is 8.33. The third kappa shape index (κ3) is 3.22. The van der Waals surface area contributed by atoms with Crippen LogP contribution in [-0.2, 0) is 4.79 Å².